The van der Waals surface area contributed by atoms with E-state index in [0.29, 0.717) is 28.4 Å². The van der Waals surface area contributed by atoms with Crippen molar-refractivity contribution in [3.05, 3.63) is 57.5 Å². The van der Waals surface area contributed by atoms with Crippen LogP contribution in [0.25, 0.3) is 16.9 Å². The molecule has 0 amide bonds. The number of hydrogen-bond donors (Lipinski definition) is 1. The SMILES string of the molecule is CC(C)c1c(-c2ccc(C3CC3)cc2)nc2c(C#N)c[nH]n2c1=O. The van der Waals surface area contributed by atoms with Gasteiger partial charge in [-0.1, -0.05) is 38.1 Å². The molecule has 0 saturated heterocycles. The fourth-order valence-corrected chi connectivity index (χ4v) is 3.18. The summed E-state index contributed by atoms with van der Waals surface area (Å²) in [4.78, 5) is 17.5. The smallest absolute Gasteiger partial charge is 0.276 e. The van der Waals surface area contributed by atoms with E-state index in [1.165, 1.54) is 29.1 Å². The van der Waals surface area contributed by atoms with Gasteiger partial charge in [-0.05, 0) is 30.2 Å². The fourth-order valence-electron chi connectivity index (χ4n) is 3.18. The summed E-state index contributed by atoms with van der Waals surface area (Å²) in [7, 11) is 0. The molecule has 120 valence electrons. The van der Waals surface area contributed by atoms with Crippen molar-refractivity contribution in [1.82, 2.24) is 14.6 Å². The van der Waals surface area contributed by atoms with Gasteiger partial charge >= 0.3 is 0 Å². The third kappa shape index (κ3) is 2.23. The number of fused-ring (bicyclic) bond motifs is 1. The number of benzene rings is 1. The van der Waals surface area contributed by atoms with Crippen LogP contribution in [0.15, 0.2) is 35.3 Å². The van der Waals surface area contributed by atoms with Crippen LogP contribution in [0.3, 0.4) is 0 Å². The number of H-pyrrole nitrogens is 1. The van der Waals surface area contributed by atoms with Crippen LogP contribution in [-0.4, -0.2) is 14.6 Å². The fraction of sp³-hybridized carbons (Fsp3) is 0.316. The summed E-state index contributed by atoms with van der Waals surface area (Å²) in [6.07, 6.45) is 4.04. The Hall–Kier alpha value is -2.87. The van der Waals surface area contributed by atoms with Gasteiger partial charge in [0.05, 0.1) is 5.69 Å². The minimum atomic E-state index is -0.141. The van der Waals surface area contributed by atoms with Crippen molar-refractivity contribution in [2.45, 2.75) is 38.5 Å². The molecule has 0 radical (unpaired) electrons. The van der Waals surface area contributed by atoms with Gasteiger partial charge in [-0.2, -0.15) is 5.26 Å². The third-order valence-corrected chi connectivity index (χ3v) is 4.63. The lowest BCUT2D eigenvalue weighted by molar-refractivity contribution is 0.797. The Kier molecular flexibility index (Phi) is 3.27. The molecule has 1 N–H and O–H groups in total. The van der Waals surface area contributed by atoms with Gasteiger partial charge in [0.1, 0.15) is 11.6 Å². The van der Waals surface area contributed by atoms with Crippen molar-refractivity contribution in [2.75, 3.05) is 0 Å². The Bertz CT molecular complexity index is 1010. The van der Waals surface area contributed by atoms with E-state index in [9.17, 15) is 10.1 Å². The molecule has 3 aromatic rings. The van der Waals surface area contributed by atoms with Gasteiger partial charge in [-0.25, -0.2) is 9.50 Å². The van der Waals surface area contributed by atoms with Crippen LogP contribution >= 0.6 is 0 Å². The summed E-state index contributed by atoms with van der Waals surface area (Å²) in [6, 6.07) is 10.4. The van der Waals surface area contributed by atoms with Crippen LogP contribution < -0.4 is 5.56 Å². The highest BCUT2D eigenvalue weighted by Gasteiger charge is 2.24. The van der Waals surface area contributed by atoms with Gasteiger partial charge in [0.2, 0.25) is 0 Å². The average Bonchev–Trinajstić information content (AvgIpc) is 3.34. The molecule has 0 spiro atoms. The van der Waals surface area contributed by atoms with E-state index in [1.54, 1.807) is 0 Å². The third-order valence-electron chi connectivity index (χ3n) is 4.63. The van der Waals surface area contributed by atoms with Gasteiger partial charge in [0, 0.05) is 17.3 Å². The van der Waals surface area contributed by atoms with Crippen LogP contribution in [0.2, 0.25) is 0 Å². The molecule has 5 nitrogen and oxygen atoms in total. The molecular weight excluding hydrogens is 300 g/mol. The van der Waals surface area contributed by atoms with Gasteiger partial charge in [0.15, 0.2) is 5.65 Å². The predicted molar refractivity (Wildman–Crippen MR) is 92.0 cm³/mol. The minimum Gasteiger partial charge on any atom is -0.295 e. The highest BCUT2D eigenvalue weighted by atomic mass is 16.1. The largest absolute Gasteiger partial charge is 0.295 e. The molecule has 0 unspecified atom stereocenters. The molecule has 4 rings (SSSR count). The van der Waals surface area contributed by atoms with E-state index in [4.69, 9.17) is 0 Å². The van der Waals surface area contributed by atoms with E-state index in [1.807, 2.05) is 26.0 Å². The summed E-state index contributed by atoms with van der Waals surface area (Å²) in [5.74, 6) is 0.730. The first-order valence-corrected chi connectivity index (χ1v) is 8.24. The van der Waals surface area contributed by atoms with E-state index in [-0.39, 0.29) is 11.5 Å². The molecule has 0 aliphatic heterocycles. The Morgan fingerprint density at radius 3 is 2.58 bits per heavy atom. The van der Waals surface area contributed by atoms with Crippen molar-refractivity contribution in [3.8, 4) is 17.3 Å². The zero-order chi connectivity index (χ0) is 16.8. The highest BCUT2D eigenvalue weighted by molar-refractivity contribution is 5.68. The number of aromatic nitrogens is 3. The normalized spacial score (nSPS) is 14.2. The lowest BCUT2D eigenvalue weighted by atomic mass is 9.97. The van der Waals surface area contributed by atoms with Crippen LogP contribution in [-0.2, 0) is 0 Å². The van der Waals surface area contributed by atoms with Crippen LogP contribution in [0.4, 0.5) is 0 Å². The number of rotatable bonds is 3. The first kappa shape index (κ1) is 14.7. The van der Waals surface area contributed by atoms with E-state index < -0.39 is 0 Å². The maximum absolute atomic E-state index is 12.9. The quantitative estimate of drug-likeness (QED) is 0.802. The van der Waals surface area contributed by atoms with E-state index in [0.717, 1.165) is 5.56 Å². The van der Waals surface area contributed by atoms with E-state index in [2.05, 4.69) is 28.3 Å². The molecule has 5 heteroatoms. The van der Waals surface area contributed by atoms with Gasteiger partial charge in [-0.15, -0.1) is 0 Å². The number of aromatic amines is 1. The lowest BCUT2D eigenvalue weighted by Crippen LogP contribution is -2.22. The molecule has 1 fully saturated rings. The number of nitriles is 1. The second-order valence-corrected chi connectivity index (χ2v) is 6.69. The second kappa shape index (κ2) is 5.34. The molecule has 0 bridgehead atoms. The van der Waals surface area contributed by atoms with Crippen molar-refractivity contribution >= 4 is 5.65 Å². The first-order chi connectivity index (χ1) is 11.6. The first-order valence-electron chi connectivity index (χ1n) is 8.24. The molecule has 1 aliphatic carbocycles. The molecule has 0 atom stereocenters. The average molecular weight is 318 g/mol. The highest BCUT2D eigenvalue weighted by Crippen LogP contribution is 2.40. The minimum absolute atomic E-state index is 0.0360. The van der Waals surface area contributed by atoms with Crippen LogP contribution in [0, 0.1) is 11.3 Å². The van der Waals surface area contributed by atoms with Crippen molar-refractivity contribution < 1.29 is 0 Å². The molecular formula is C19H18N4O. The standard InChI is InChI=1S/C19H18N4O/c1-11(2)16-17(14-7-5-13(6-8-14)12-3-4-12)22-18-15(9-20)10-21-23(18)19(16)24/h5-8,10-12,21H,3-4H2,1-2H3. The maximum Gasteiger partial charge on any atom is 0.276 e. The topological polar surface area (TPSA) is 73.9 Å². The van der Waals surface area contributed by atoms with Crippen LogP contribution in [0.5, 0.6) is 0 Å². The summed E-state index contributed by atoms with van der Waals surface area (Å²) >= 11 is 0. The zero-order valence-electron chi connectivity index (χ0n) is 13.7. The van der Waals surface area contributed by atoms with Crippen molar-refractivity contribution in [1.29, 1.82) is 5.26 Å². The van der Waals surface area contributed by atoms with Crippen LogP contribution in [0.1, 0.15) is 55.2 Å². The summed E-state index contributed by atoms with van der Waals surface area (Å²) in [5, 5.41) is 12.1. The van der Waals surface area contributed by atoms with Gasteiger partial charge in [0.25, 0.3) is 5.56 Å². The van der Waals surface area contributed by atoms with E-state index >= 15 is 0 Å². The Morgan fingerprint density at radius 1 is 1.29 bits per heavy atom. The Morgan fingerprint density at radius 2 is 2.00 bits per heavy atom. The molecule has 1 aliphatic rings. The van der Waals surface area contributed by atoms with Crippen molar-refractivity contribution in [2.24, 2.45) is 0 Å². The Balaban J connectivity index is 1.96. The second-order valence-electron chi connectivity index (χ2n) is 6.69. The predicted octanol–water partition coefficient (Wildman–Crippen LogP) is 3.56. The number of nitrogens with zero attached hydrogens (tertiary/aromatic N) is 3. The molecule has 1 saturated carbocycles. The Labute approximate surface area is 139 Å². The zero-order valence-corrected chi connectivity index (χ0v) is 13.7. The lowest BCUT2D eigenvalue weighted by Gasteiger charge is -2.12. The monoisotopic (exact) mass is 318 g/mol. The maximum atomic E-state index is 12.9. The molecule has 24 heavy (non-hydrogen) atoms. The van der Waals surface area contributed by atoms with Gasteiger partial charge in [-0.3, -0.25) is 9.89 Å². The summed E-state index contributed by atoms with van der Waals surface area (Å²) < 4.78 is 1.36. The number of hydrogen-bond acceptors (Lipinski definition) is 3. The van der Waals surface area contributed by atoms with Crippen molar-refractivity contribution in [3.63, 3.8) is 0 Å². The molecule has 2 aromatic heterocycles. The molecule has 1 aromatic carbocycles. The molecule has 2 heterocycles. The number of nitrogens with one attached hydrogen (secondary N) is 1. The van der Waals surface area contributed by atoms with Gasteiger partial charge < -0.3 is 0 Å². The summed E-state index contributed by atoms with van der Waals surface area (Å²) in [6.45, 7) is 3.97. The summed E-state index contributed by atoms with van der Waals surface area (Å²) in [5.41, 5.74) is 4.23.